The molecule has 0 fully saturated rings. The third-order valence-corrected chi connectivity index (χ3v) is 13.9. The molecule has 3 heterocycles. The predicted molar refractivity (Wildman–Crippen MR) is 272 cm³/mol. The number of nitrogens with zero attached hydrogens (tertiary/aromatic N) is 2. The van der Waals surface area contributed by atoms with Crippen molar-refractivity contribution in [1.82, 2.24) is 8.97 Å². The molecule has 11 aromatic carbocycles. The van der Waals surface area contributed by atoms with E-state index in [1.54, 1.807) is 0 Å². The molecule has 0 bridgehead atoms. The van der Waals surface area contributed by atoms with Gasteiger partial charge in [0.15, 0.2) is 0 Å². The van der Waals surface area contributed by atoms with Gasteiger partial charge >= 0.3 is 0 Å². The molecule has 0 saturated heterocycles. The van der Waals surface area contributed by atoms with E-state index in [0.29, 0.717) is 0 Å². The summed E-state index contributed by atoms with van der Waals surface area (Å²) in [6.07, 6.45) is 0. The first-order chi connectivity index (χ1) is 31.8. The van der Waals surface area contributed by atoms with E-state index in [1.165, 1.54) is 126 Å². The molecule has 2 heteroatoms. The molecule has 0 atom stereocenters. The van der Waals surface area contributed by atoms with Crippen molar-refractivity contribution in [2.24, 2.45) is 0 Å². The Bertz CT molecular complexity index is 4170. The maximum Gasteiger partial charge on any atom is 0.0620 e. The Labute approximate surface area is 369 Å². The van der Waals surface area contributed by atoms with Crippen molar-refractivity contribution < 1.29 is 0 Å². The average Bonchev–Trinajstić information content (AvgIpc) is 4.02. The molecule has 2 nitrogen and oxygen atoms in total. The number of hydrogen-bond donors (Lipinski definition) is 0. The summed E-state index contributed by atoms with van der Waals surface area (Å²) in [5.41, 5.74) is 17.1. The van der Waals surface area contributed by atoms with Gasteiger partial charge < -0.3 is 8.97 Å². The van der Waals surface area contributed by atoms with Crippen molar-refractivity contribution in [3.8, 4) is 50.2 Å². The molecule has 0 spiro atoms. The van der Waals surface area contributed by atoms with Gasteiger partial charge in [0.25, 0.3) is 0 Å². The highest BCUT2D eigenvalue weighted by molar-refractivity contribution is 6.27. The fourth-order valence-electron chi connectivity index (χ4n) is 11.3. The molecule has 0 unspecified atom stereocenters. The van der Waals surface area contributed by atoms with E-state index in [1.807, 2.05) is 0 Å². The van der Waals surface area contributed by atoms with Gasteiger partial charge in [-0.3, -0.25) is 0 Å². The van der Waals surface area contributed by atoms with E-state index in [4.69, 9.17) is 0 Å². The molecule has 0 amide bonds. The number of fused-ring (bicyclic) bond motifs is 11. The van der Waals surface area contributed by atoms with Gasteiger partial charge in [-0.05, 0) is 85.3 Å². The van der Waals surface area contributed by atoms with Crippen LogP contribution in [-0.4, -0.2) is 8.97 Å². The standard InChI is InChI=1S/C62H38N2/c1-3-18-39(19-4-1)41-22-7-8-25-46(41)59-47-28-13-26-42(49-30-15-32-51-44-23-9-11-36-57(44)63(60(49)51)40-20-5-2-6-21-40)55(47)38-56-43(27-14-29-48(56)59)50-31-16-34-53-54-35-17-33-52-45-24-10-12-37-58(45)64(61(50)53)62(52)54/h1-38H. The fourth-order valence-corrected chi connectivity index (χ4v) is 11.3. The molecule has 0 aliphatic heterocycles. The minimum Gasteiger partial charge on any atom is -0.309 e. The molecule has 14 aromatic rings. The molecule has 0 aliphatic carbocycles. The zero-order valence-electron chi connectivity index (χ0n) is 34.8. The number of hydrogen-bond acceptors (Lipinski definition) is 0. The lowest BCUT2D eigenvalue weighted by molar-refractivity contribution is 1.18. The fraction of sp³-hybridized carbons (Fsp3) is 0. The van der Waals surface area contributed by atoms with Crippen LogP contribution in [0.15, 0.2) is 231 Å². The molecule has 64 heavy (non-hydrogen) atoms. The highest BCUT2D eigenvalue weighted by atomic mass is 15.0. The van der Waals surface area contributed by atoms with Gasteiger partial charge in [-0.15, -0.1) is 0 Å². The third-order valence-electron chi connectivity index (χ3n) is 13.9. The van der Waals surface area contributed by atoms with Crippen molar-refractivity contribution in [2.45, 2.75) is 0 Å². The van der Waals surface area contributed by atoms with Crippen LogP contribution in [0.3, 0.4) is 0 Å². The second-order valence-electron chi connectivity index (χ2n) is 17.1. The lowest BCUT2D eigenvalue weighted by Gasteiger charge is -2.20. The van der Waals surface area contributed by atoms with Gasteiger partial charge in [0, 0.05) is 49.1 Å². The maximum absolute atomic E-state index is 2.53. The van der Waals surface area contributed by atoms with E-state index in [2.05, 4.69) is 239 Å². The van der Waals surface area contributed by atoms with Gasteiger partial charge in [-0.25, -0.2) is 0 Å². The summed E-state index contributed by atoms with van der Waals surface area (Å²) in [5, 5.41) is 12.6. The topological polar surface area (TPSA) is 9.34 Å². The van der Waals surface area contributed by atoms with Gasteiger partial charge in [-0.2, -0.15) is 0 Å². The third kappa shape index (κ3) is 4.85. The Morgan fingerprint density at radius 2 is 0.656 bits per heavy atom. The van der Waals surface area contributed by atoms with E-state index >= 15 is 0 Å². The van der Waals surface area contributed by atoms with E-state index in [9.17, 15) is 0 Å². The van der Waals surface area contributed by atoms with Crippen LogP contribution in [0.5, 0.6) is 0 Å². The summed E-state index contributed by atoms with van der Waals surface area (Å²) in [6.45, 7) is 0. The number of para-hydroxylation sites is 6. The van der Waals surface area contributed by atoms with Crippen LogP contribution >= 0.6 is 0 Å². The van der Waals surface area contributed by atoms with Crippen molar-refractivity contribution >= 4 is 81.4 Å². The average molecular weight is 811 g/mol. The Hall–Kier alpha value is -8.46. The molecule has 0 aliphatic rings. The Morgan fingerprint density at radius 1 is 0.234 bits per heavy atom. The summed E-state index contributed by atoms with van der Waals surface area (Å²) < 4.78 is 4.99. The normalized spacial score (nSPS) is 12.1. The zero-order chi connectivity index (χ0) is 41.9. The first kappa shape index (κ1) is 35.2. The minimum atomic E-state index is 1.15. The van der Waals surface area contributed by atoms with Crippen LogP contribution < -0.4 is 0 Å². The Balaban J connectivity index is 1.15. The summed E-state index contributed by atoms with van der Waals surface area (Å²) >= 11 is 0. The summed E-state index contributed by atoms with van der Waals surface area (Å²) in [4.78, 5) is 0. The first-order valence-electron chi connectivity index (χ1n) is 22.2. The van der Waals surface area contributed by atoms with E-state index in [-0.39, 0.29) is 0 Å². The quantitative estimate of drug-likeness (QED) is 0.153. The van der Waals surface area contributed by atoms with E-state index < -0.39 is 0 Å². The van der Waals surface area contributed by atoms with E-state index in [0.717, 1.165) is 5.69 Å². The van der Waals surface area contributed by atoms with Crippen LogP contribution in [-0.2, 0) is 0 Å². The summed E-state index contributed by atoms with van der Waals surface area (Å²) in [5.74, 6) is 0. The minimum absolute atomic E-state index is 1.15. The highest BCUT2D eigenvalue weighted by Gasteiger charge is 2.24. The first-order valence-corrected chi connectivity index (χ1v) is 22.2. The maximum atomic E-state index is 2.53. The van der Waals surface area contributed by atoms with Crippen LogP contribution in [0.4, 0.5) is 0 Å². The van der Waals surface area contributed by atoms with Gasteiger partial charge in [0.05, 0.1) is 27.6 Å². The molecule has 3 aromatic heterocycles. The molecule has 0 saturated carbocycles. The van der Waals surface area contributed by atoms with Crippen LogP contribution in [0.25, 0.3) is 132 Å². The second-order valence-corrected chi connectivity index (χ2v) is 17.1. The second kappa shape index (κ2) is 13.5. The Morgan fingerprint density at radius 3 is 1.33 bits per heavy atom. The molecular formula is C62H38N2. The lowest BCUT2D eigenvalue weighted by Crippen LogP contribution is -1.96. The summed E-state index contributed by atoms with van der Waals surface area (Å²) in [7, 11) is 0. The summed E-state index contributed by atoms with van der Waals surface area (Å²) in [6, 6.07) is 85.3. The van der Waals surface area contributed by atoms with Crippen molar-refractivity contribution in [3.05, 3.63) is 231 Å². The lowest BCUT2D eigenvalue weighted by atomic mass is 9.84. The molecule has 14 rings (SSSR count). The molecular weight excluding hydrogens is 773 g/mol. The monoisotopic (exact) mass is 810 g/mol. The van der Waals surface area contributed by atoms with Gasteiger partial charge in [-0.1, -0.05) is 200 Å². The van der Waals surface area contributed by atoms with Gasteiger partial charge in [0.2, 0.25) is 0 Å². The highest BCUT2D eigenvalue weighted by Crippen LogP contribution is 2.49. The van der Waals surface area contributed by atoms with Crippen LogP contribution in [0, 0.1) is 0 Å². The van der Waals surface area contributed by atoms with Crippen molar-refractivity contribution in [3.63, 3.8) is 0 Å². The van der Waals surface area contributed by atoms with Crippen molar-refractivity contribution in [1.29, 1.82) is 0 Å². The molecule has 0 N–H and O–H groups in total. The largest absolute Gasteiger partial charge is 0.309 e. The number of rotatable bonds is 5. The van der Waals surface area contributed by atoms with Crippen molar-refractivity contribution in [2.75, 3.05) is 0 Å². The van der Waals surface area contributed by atoms with Crippen LogP contribution in [0.1, 0.15) is 0 Å². The SMILES string of the molecule is c1ccc(-c2ccccc2-c2c3cccc(-c4cccc5c6ccccc6n(-c6ccccc6)c45)c3cc3c(-c4cccc5c6cccc7c8ccccc8n(c45)c76)cccc23)cc1. The Kier molecular flexibility index (Phi) is 7.43. The predicted octanol–water partition coefficient (Wildman–Crippen LogP) is 16.9. The molecule has 0 radical (unpaired) electrons. The molecule has 296 valence electrons. The van der Waals surface area contributed by atoms with Gasteiger partial charge in [0.1, 0.15) is 0 Å². The zero-order valence-corrected chi connectivity index (χ0v) is 34.8. The van der Waals surface area contributed by atoms with Crippen LogP contribution in [0.2, 0.25) is 0 Å². The number of aromatic nitrogens is 2. The number of benzene rings is 11. The smallest absolute Gasteiger partial charge is 0.0620 e.